The molecule has 88 valence electrons. The molecule has 0 unspecified atom stereocenters. The van der Waals surface area contributed by atoms with Crippen LogP contribution in [0.25, 0.3) is 0 Å². The van der Waals surface area contributed by atoms with Gasteiger partial charge in [0.15, 0.2) is 0 Å². The summed E-state index contributed by atoms with van der Waals surface area (Å²) < 4.78 is 0. The Morgan fingerprint density at radius 1 is 1.53 bits per heavy atom. The zero-order valence-corrected chi connectivity index (χ0v) is 9.53. The molecule has 5 nitrogen and oxygen atoms in total. The lowest BCUT2D eigenvalue weighted by Gasteiger charge is -2.49. The fraction of sp³-hybridized carbons (Fsp3) is 0.900. The highest BCUT2D eigenvalue weighted by Crippen LogP contribution is 2.36. The summed E-state index contributed by atoms with van der Waals surface area (Å²) in [6, 6.07) is 0. The minimum absolute atomic E-state index is 0.100. The number of rotatable bonds is 0. The molecule has 1 fully saturated rings. The van der Waals surface area contributed by atoms with Gasteiger partial charge in [-0.15, -0.1) is 0 Å². The first kappa shape index (κ1) is 12.3. The number of carboxylic acid groups (broad SMARTS) is 1. The van der Waals surface area contributed by atoms with E-state index in [0.717, 1.165) is 0 Å². The highest BCUT2D eigenvalue weighted by atomic mass is 16.4. The Kier molecular flexibility index (Phi) is 2.98. The van der Waals surface area contributed by atoms with E-state index in [-0.39, 0.29) is 12.0 Å². The van der Waals surface area contributed by atoms with Gasteiger partial charge in [0, 0.05) is 6.54 Å². The fourth-order valence-corrected chi connectivity index (χ4v) is 2.00. The zero-order chi connectivity index (χ0) is 11.9. The molecular formula is C10H20N2O3. The Morgan fingerprint density at radius 2 is 2.07 bits per heavy atom. The Bertz CT molecular complexity index is 262. The molecule has 1 heterocycles. The number of β-amino-alcohol motifs (C(OH)–C–C–N with tert-alkyl or cyclic N) is 1. The quantitative estimate of drug-likeness (QED) is 0.549. The van der Waals surface area contributed by atoms with Crippen molar-refractivity contribution in [3.63, 3.8) is 0 Å². The summed E-state index contributed by atoms with van der Waals surface area (Å²) in [5.74, 6) is 0. The van der Waals surface area contributed by atoms with E-state index in [1.165, 1.54) is 4.90 Å². The van der Waals surface area contributed by atoms with Gasteiger partial charge in [-0.2, -0.15) is 0 Å². The summed E-state index contributed by atoms with van der Waals surface area (Å²) in [7, 11) is 0. The third-order valence-electron chi connectivity index (χ3n) is 3.45. The second-order valence-electron chi connectivity index (χ2n) is 5.28. The molecule has 0 bridgehead atoms. The maximum Gasteiger partial charge on any atom is 0.407 e. The lowest BCUT2D eigenvalue weighted by molar-refractivity contribution is -0.0402. The number of nitrogens with zero attached hydrogens (tertiary/aromatic N) is 1. The molecule has 0 aromatic carbocycles. The van der Waals surface area contributed by atoms with Gasteiger partial charge in [-0.25, -0.2) is 4.79 Å². The molecule has 0 aliphatic carbocycles. The molecule has 0 saturated carbocycles. The van der Waals surface area contributed by atoms with Crippen molar-refractivity contribution >= 4 is 6.09 Å². The minimum Gasteiger partial charge on any atom is -0.465 e. The predicted octanol–water partition coefficient (Wildman–Crippen LogP) is 0.475. The first-order chi connectivity index (χ1) is 6.68. The van der Waals surface area contributed by atoms with Gasteiger partial charge in [-0.3, -0.25) is 0 Å². The van der Waals surface area contributed by atoms with Crippen molar-refractivity contribution in [1.29, 1.82) is 0 Å². The monoisotopic (exact) mass is 216 g/mol. The van der Waals surface area contributed by atoms with Crippen molar-refractivity contribution < 1.29 is 15.0 Å². The Hall–Kier alpha value is -0.810. The lowest BCUT2D eigenvalue weighted by Crippen LogP contribution is -2.67. The molecule has 1 aliphatic rings. The number of hydrogen-bond acceptors (Lipinski definition) is 3. The average molecular weight is 216 g/mol. The molecule has 15 heavy (non-hydrogen) atoms. The van der Waals surface area contributed by atoms with Crippen molar-refractivity contribution in [3.05, 3.63) is 0 Å². The van der Waals surface area contributed by atoms with E-state index in [1.54, 1.807) is 0 Å². The number of amides is 1. The third-order valence-corrected chi connectivity index (χ3v) is 3.45. The van der Waals surface area contributed by atoms with Gasteiger partial charge in [-0.05, 0) is 11.8 Å². The lowest BCUT2D eigenvalue weighted by atomic mass is 9.67. The molecule has 2 atom stereocenters. The van der Waals surface area contributed by atoms with Crippen LogP contribution >= 0.6 is 0 Å². The Labute approximate surface area is 89.9 Å². The molecule has 0 radical (unpaired) electrons. The SMILES string of the molecule is CC(C)(C)[C@@]1(N)CCN(C(=O)O)C[C@@H]1O. The highest BCUT2D eigenvalue weighted by Gasteiger charge is 2.48. The number of hydrogen-bond donors (Lipinski definition) is 3. The second-order valence-corrected chi connectivity index (χ2v) is 5.28. The number of likely N-dealkylation sites (tertiary alicyclic amines) is 1. The normalized spacial score (nSPS) is 32.9. The van der Waals surface area contributed by atoms with Crippen LogP contribution in [-0.4, -0.2) is 45.9 Å². The zero-order valence-electron chi connectivity index (χ0n) is 9.53. The Balaban J connectivity index is 2.80. The van der Waals surface area contributed by atoms with Crippen molar-refractivity contribution in [2.24, 2.45) is 11.1 Å². The van der Waals surface area contributed by atoms with Crippen LogP contribution in [0.1, 0.15) is 27.2 Å². The smallest absolute Gasteiger partial charge is 0.407 e. The number of piperidine rings is 1. The van der Waals surface area contributed by atoms with Crippen LogP contribution in [0.4, 0.5) is 4.79 Å². The average Bonchev–Trinajstić information content (AvgIpc) is 2.07. The van der Waals surface area contributed by atoms with Crippen LogP contribution in [0.5, 0.6) is 0 Å². The van der Waals surface area contributed by atoms with E-state index < -0.39 is 17.7 Å². The standard InChI is InChI=1S/C10H20N2O3/c1-9(2,3)10(11)4-5-12(8(14)15)6-7(10)13/h7,13H,4-6,11H2,1-3H3,(H,14,15)/t7-,10+/m0/s1. The molecular weight excluding hydrogens is 196 g/mol. The molecule has 0 aromatic heterocycles. The molecule has 1 amide bonds. The van der Waals surface area contributed by atoms with E-state index in [1.807, 2.05) is 20.8 Å². The van der Waals surface area contributed by atoms with Gasteiger partial charge in [0.1, 0.15) is 0 Å². The van der Waals surface area contributed by atoms with Gasteiger partial charge < -0.3 is 20.8 Å². The number of aliphatic hydroxyl groups is 1. The summed E-state index contributed by atoms with van der Waals surface area (Å²) in [6.07, 6.45) is -1.31. The van der Waals surface area contributed by atoms with Crippen LogP contribution in [0.3, 0.4) is 0 Å². The number of carbonyl (C=O) groups is 1. The first-order valence-corrected chi connectivity index (χ1v) is 5.13. The highest BCUT2D eigenvalue weighted by molar-refractivity contribution is 5.65. The van der Waals surface area contributed by atoms with E-state index in [0.29, 0.717) is 13.0 Å². The number of aliphatic hydroxyl groups excluding tert-OH is 1. The molecule has 0 spiro atoms. The van der Waals surface area contributed by atoms with Crippen LogP contribution in [0.2, 0.25) is 0 Å². The van der Waals surface area contributed by atoms with Crippen molar-refractivity contribution in [1.82, 2.24) is 4.90 Å². The van der Waals surface area contributed by atoms with Crippen LogP contribution < -0.4 is 5.73 Å². The molecule has 4 N–H and O–H groups in total. The molecule has 1 saturated heterocycles. The maximum atomic E-state index is 10.7. The number of nitrogens with two attached hydrogens (primary N) is 1. The maximum absolute atomic E-state index is 10.7. The Morgan fingerprint density at radius 3 is 2.40 bits per heavy atom. The van der Waals surface area contributed by atoms with Crippen molar-refractivity contribution in [3.8, 4) is 0 Å². The largest absolute Gasteiger partial charge is 0.465 e. The van der Waals surface area contributed by atoms with Gasteiger partial charge in [0.05, 0.1) is 18.2 Å². The minimum atomic E-state index is -0.995. The predicted molar refractivity (Wildman–Crippen MR) is 56.6 cm³/mol. The van der Waals surface area contributed by atoms with E-state index in [4.69, 9.17) is 10.8 Å². The first-order valence-electron chi connectivity index (χ1n) is 5.13. The van der Waals surface area contributed by atoms with Gasteiger partial charge in [0.25, 0.3) is 0 Å². The van der Waals surface area contributed by atoms with Crippen molar-refractivity contribution in [2.75, 3.05) is 13.1 Å². The third kappa shape index (κ3) is 2.08. The van der Waals surface area contributed by atoms with Gasteiger partial charge >= 0.3 is 6.09 Å². The summed E-state index contributed by atoms with van der Waals surface area (Å²) in [6.45, 7) is 6.38. The molecule has 5 heteroatoms. The summed E-state index contributed by atoms with van der Waals surface area (Å²) >= 11 is 0. The second kappa shape index (κ2) is 3.64. The van der Waals surface area contributed by atoms with E-state index in [9.17, 15) is 9.90 Å². The topological polar surface area (TPSA) is 86.8 Å². The summed E-state index contributed by atoms with van der Waals surface area (Å²) in [5, 5.41) is 18.8. The van der Waals surface area contributed by atoms with E-state index in [2.05, 4.69) is 0 Å². The molecule has 1 aliphatic heterocycles. The van der Waals surface area contributed by atoms with Gasteiger partial charge in [-0.1, -0.05) is 20.8 Å². The van der Waals surface area contributed by atoms with Crippen LogP contribution in [0.15, 0.2) is 0 Å². The van der Waals surface area contributed by atoms with Gasteiger partial charge in [0.2, 0.25) is 0 Å². The van der Waals surface area contributed by atoms with Crippen LogP contribution in [-0.2, 0) is 0 Å². The van der Waals surface area contributed by atoms with E-state index >= 15 is 0 Å². The fourth-order valence-electron chi connectivity index (χ4n) is 2.00. The molecule has 0 aromatic rings. The summed E-state index contributed by atoms with van der Waals surface area (Å²) in [5.41, 5.74) is 5.22. The molecule has 1 rings (SSSR count). The van der Waals surface area contributed by atoms with Crippen molar-refractivity contribution in [2.45, 2.75) is 38.8 Å². The van der Waals surface area contributed by atoms with Crippen LogP contribution in [0, 0.1) is 5.41 Å². The summed E-state index contributed by atoms with van der Waals surface area (Å²) in [4.78, 5) is 11.9.